The van der Waals surface area contributed by atoms with Gasteiger partial charge in [0.25, 0.3) is 0 Å². The number of phenolic OH excluding ortho intramolecular Hbond substituents is 1. The molecule has 0 bridgehead atoms. The average Bonchev–Trinajstić information content (AvgIpc) is 2.41. The highest BCUT2D eigenvalue weighted by atomic mass is 79.9. The van der Waals surface area contributed by atoms with Crippen molar-refractivity contribution in [3.63, 3.8) is 0 Å². The minimum atomic E-state index is 0.211. The van der Waals surface area contributed by atoms with Gasteiger partial charge >= 0.3 is 0 Å². The van der Waals surface area contributed by atoms with Crippen molar-refractivity contribution in [2.45, 2.75) is 6.54 Å². The van der Waals surface area contributed by atoms with Crippen LogP contribution in [0.5, 0.6) is 5.75 Å². The molecular weight excluding hydrogens is 328 g/mol. The average molecular weight is 338 g/mol. The van der Waals surface area contributed by atoms with Crippen molar-refractivity contribution in [3.8, 4) is 11.8 Å². The van der Waals surface area contributed by atoms with Crippen LogP contribution in [0.25, 0.3) is 0 Å². The number of anilines is 1. The molecule has 2 aromatic carbocycles. The van der Waals surface area contributed by atoms with Gasteiger partial charge in [-0.15, -0.1) is 0 Å². The summed E-state index contributed by atoms with van der Waals surface area (Å²) >= 11 is 9.40. The lowest BCUT2D eigenvalue weighted by molar-refractivity contribution is 0.469. The Balaban J connectivity index is 2.19. The Labute approximate surface area is 124 Å². The number of benzene rings is 2. The smallest absolute Gasteiger partial charge is 0.120 e. The minimum absolute atomic E-state index is 0.211. The summed E-state index contributed by atoms with van der Waals surface area (Å²) in [5, 5.41) is 22.2. The highest BCUT2D eigenvalue weighted by Gasteiger charge is 2.05. The van der Waals surface area contributed by atoms with E-state index in [4.69, 9.17) is 16.9 Å². The molecule has 0 aromatic heterocycles. The van der Waals surface area contributed by atoms with Gasteiger partial charge in [0, 0.05) is 16.6 Å². The van der Waals surface area contributed by atoms with E-state index < -0.39 is 0 Å². The van der Waals surface area contributed by atoms with Crippen molar-refractivity contribution in [1.29, 1.82) is 5.26 Å². The summed E-state index contributed by atoms with van der Waals surface area (Å²) in [6, 6.07) is 12.3. The van der Waals surface area contributed by atoms with Gasteiger partial charge in [-0.05, 0) is 36.4 Å². The first-order valence-corrected chi connectivity index (χ1v) is 6.68. The summed E-state index contributed by atoms with van der Waals surface area (Å²) < 4.78 is 0.888. The van der Waals surface area contributed by atoms with Crippen molar-refractivity contribution in [2.75, 3.05) is 5.32 Å². The Hall–Kier alpha value is -1.70. The fraction of sp³-hybridized carbons (Fsp3) is 0.0714. The second kappa shape index (κ2) is 5.96. The molecule has 0 heterocycles. The third-order valence-electron chi connectivity index (χ3n) is 2.61. The molecule has 0 fully saturated rings. The Morgan fingerprint density at radius 2 is 2.05 bits per heavy atom. The number of aromatic hydroxyl groups is 1. The quantitative estimate of drug-likeness (QED) is 0.878. The third-order valence-corrected chi connectivity index (χ3v) is 3.43. The Morgan fingerprint density at radius 3 is 2.79 bits per heavy atom. The fourth-order valence-electron chi connectivity index (χ4n) is 1.62. The lowest BCUT2D eigenvalue weighted by atomic mass is 10.2. The summed E-state index contributed by atoms with van der Waals surface area (Å²) in [7, 11) is 0. The number of halogens is 2. The number of phenols is 1. The number of nitriles is 1. The molecule has 0 atom stereocenters. The maximum absolute atomic E-state index is 9.74. The molecule has 2 N–H and O–H groups in total. The van der Waals surface area contributed by atoms with E-state index in [1.165, 1.54) is 0 Å². The van der Waals surface area contributed by atoms with Crippen LogP contribution in [0.2, 0.25) is 5.02 Å². The predicted molar refractivity (Wildman–Crippen MR) is 79.3 cm³/mol. The SMILES string of the molecule is N#Cc1ccc(Cl)c(NCc2cc(Br)ccc2O)c1. The zero-order chi connectivity index (χ0) is 13.8. The molecule has 2 rings (SSSR count). The van der Waals surface area contributed by atoms with Crippen LogP contribution in [0.1, 0.15) is 11.1 Å². The van der Waals surface area contributed by atoms with Crippen LogP contribution in [-0.2, 0) is 6.54 Å². The van der Waals surface area contributed by atoms with E-state index in [1.807, 2.05) is 6.07 Å². The maximum atomic E-state index is 9.74. The number of nitrogens with one attached hydrogen (secondary N) is 1. The van der Waals surface area contributed by atoms with E-state index in [9.17, 15) is 5.11 Å². The summed E-state index contributed by atoms with van der Waals surface area (Å²) in [4.78, 5) is 0. The van der Waals surface area contributed by atoms with Gasteiger partial charge < -0.3 is 10.4 Å². The predicted octanol–water partition coefficient (Wildman–Crippen LogP) is 4.29. The molecule has 0 saturated carbocycles. The molecule has 0 saturated heterocycles. The summed E-state index contributed by atoms with van der Waals surface area (Å²) in [6.07, 6.45) is 0. The van der Waals surface area contributed by atoms with Gasteiger partial charge in [-0.3, -0.25) is 0 Å². The molecule has 0 aliphatic rings. The van der Waals surface area contributed by atoms with Gasteiger partial charge in [0.15, 0.2) is 0 Å². The Bertz CT molecular complexity index is 652. The molecule has 0 unspecified atom stereocenters. The molecule has 0 amide bonds. The summed E-state index contributed by atoms with van der Waals surface area (Å²) in [6.45, 7) is 0.417. The Morgan fingerprint density at radius 1 is 1.26 bits per heavy atom. The van der Waals surface area contributed by atoms with Gasteiger partial charge in [0.05, 0.1) is 22.3 Å². The van der Waals surface area contributed by atoms with Crippen LogP contribution in [-0.4, -0.2) is 5.11 Å². The zero-order valence-electron chi connectivity index (χ0n) is 9.82. The summed E-state index contributed by atoms with van der Waals surface area (Å²) in [5.74, 6) is 0.211. The number of nitrogens with zero attached hydrogens (tertiary/aromatic N) is 1. The number of hydrogen-bond acceptors (Lipinski definition) is 3. The first-order chi connectivity index (χ1) is 9.10. The summed E-state index contributed by atoms with van der Waals surface area (Å²) in [5.41, 5.74) is 1.94. The van der Waals surface area contributed by atoms with Gasteiger partial charge in [-0.1, -0.05) is 27.5 Å². The van der Waals surface area contributed by atoms with Crippen molar-refractivity contribution >= 4 is 33.2 Å². The lowest BCUT2D eigenvalue weighted by Crippen LogP contribution is -2.00. The van der Waals surface area contributed by atoms with Crippen LogP contribution in [0.15, 0.2) is 40.9 Å². The van der Waals surface area contributed by atoms with Crippen molar-refractivity contribution in [1.82, 2.24) is 0 Å². The molecular formula is C14H10BrClN2O. The van der Waals surface area contributed by atoms with Crippen LogP contribution >= 0.6 is 27.5 Å². The molecule has 0 spiro atoms. The normalized spacial score (nSPS) is 9.95. The molecule has 2 aromatic rings. The number of rotatable bonds is 3. The molecule has 3 nitrogen and oxygen atoms in total. The highest BCUT2D eigenvalue weighted by molar-refractivity contribution is 9.10. The zero-order valence-corrected chi connectivity index (χ0v) is 12.2. The molecule has 0 aliphatic heterocycles. The van der Waals surface area contributed by atoms with Crippen LogP contribution < -0.4 is 5.32 Å². The molecule has 96 valence electrons. The van der Waals surface area contributed by atoms with Gasteiger partial charge in [-0.25, -0.2) is 0 Å². The van der Waals surface area contributed by atoms with Crippen molar-refractivity contribution in [3.05, 3.63) is 57.0 Å². The molecule has 5 heteroatoms. The topological polar surface area (TPSA) is 56.0 Å². The Kier molecular flexibility index (Phi) is 4.31. The third kappa shape index (κ3) is 3.40. The maximum Gasteiger partial charge on any atom is 0.120 e. The van der Waals surface area contributed by atoms with Crippen LogP contribution in [0.4, 0.5) is 5.69 Å². The van der Waals surface area contributed by atoms with E-state index in [1.54, 1.807) is 30.3 Å². The van der Waals surface area contributed by atoms with Gasteiger partial charge in [0.1, 0.15) is 5.75 Å². The standard InChI is InChI=1S/C14H10BrClN2O/c15-11-2-4-14(19)10(6-11)8-18-13-5-9(7-17)1-3-12(13)16/h1-6,18-19H,8H2. The highest BCUT2D eigenvalue weighted by Crippen LogP contribution is 2.26. The second-order valence-electron chi connectivity index (χ2n) is 3.93. The van der Waals surface area contributed by atoms with Crippen LogP contribution in [0, 0.1) is 11.3 Å². The largest absolute Gasteiger partial charge is 0.508 e. The van der Waals surface area contributed by atoms with E-state index in [2.05, 4.69) is 27.3 Å². The van der Waals surface area contributed by atoms with E-state index in [0.717, 1.165) is 10.0 Å². The first kappa shape index (κ1) is 13.7. The molecule has 0 radical (unpaired) electrons. The van der Waals surface area contributed by atoms with E-state index in [0.29, 0.717) is 22.8 Å². The van der Waals surface area contributed by atoms with Gasteiger partial charge in [-0.2, -0.15) is 5.26 Å². The minimum Gasteiger partial charge on any atom is -0.508 e. The van der Waals surface area contributed by atoms with Crippen LogP contribution in [0.3, 0.4) is 0 Å². The van der Waals surface area contributed by atoms with E-state index in [-0.39, 0.29) is 5.75 Å². The lowest BCUT2D eigenvalue weighted by Gasteiger charge is -2.10. The first-order valence-electron chi connectivity index (χ1n) is 5.51. The molecule has 0 aliphatic carbocycles. The van der Waals surface area contributed by atoms with E-state index >= 15 is 0 Å². The van der Waals surface area contributed by atoms with Crippen molar-refractivity contribution in [2.24, 2.45) is 0 Å². The monoisotopic (exact) mass is 336 g/mol. The number of hydrogen-bond donors (Lipinski definition) is 2. The van der Waals surface area contributed by atoms with Crippen molar-refractivity contribution < 1.29 is 5.11 Å². The van der Waals surface area contributed by atoms with Gasteiger partial charge in [0.2, 0.25) is 0 Å². The molecule has 19 heavy (non-hydrogen) atoms. The fourth-order valence-corrected chi connectivity index (χ4v) is 2.21. The second-order valence-corrected chi connectivity index (χ2v) is 5.26.